The molecule has 2 aliphatic rings. The number of anilines is 1. The number of carbonyl (C=O) groups excluding carboxylic acids is 2. The standard InChI is InChI=1S/C26H28F5N3O3/c1-25(2,37-20-9-10-21(27)22(28)13-20)24(36)33-16-11-18-7-8-19(12-16)34(18)17-5-3-15(4-6-17)23(35)32-14-26(29,30)31/h3-6,9-10,13,16,18-19H,7-8,11-12,14H2,1-2H3,(H,32,35)(H,33,36)/t16-,18+,19-. The fraction of sp³-hybridized carbons (Fsp3) is 0.462. The van der Waals surface area contributed by atoms with E-state index in [-0.39, 0.29) is 35.3 Å². The van der Waals surface area contributed by atoms with Gasteiger partial charge in [-0.05, 0) is 75.9 Å². The molecule has 2 bridgehead atoms. The Labute approximate surface area is 211 Å². The number of piperidine rings is 1. The molecule has 200 valence electrons. The van der Waals surface area contributed by atoms with Gasteiger partial charge in [0, 0.05) is 35.4 Å². The van der Waals surface area contributed by atoms with Crippen molar-refractivity contribution >= 4 is 17.5 Å². The van der Waals surface area contributed by atoms with E-state index < -0.39 is 35.9 Å². The van der Waals surface area contributed by atoms with Crippen molar-refractivity contribution < 1.29 is 36.3 Å². The van der Waals surface area contributed by atoms with E-state index >= 15 is 0 Å². The molecule has 2 heterocycles. The summed E-state index contributed by atoms with van der Waals surface area (Å²) in [5, 5.41) is 4.89. The first-order valence-corrected chi connectivity index (χ1v) is 12.0. The van der Waals surface area contributed by atoms with Crippen LogP contribution in [-0.4, -0.2) is 48.3 Å². The van der Waals surface area contributed by atoms with Crippen LogP contribution in [0.5, 0.6) is 5.75 Å². The SMILES string of the molecule is CC(C)(Oc1ccc(F)c(F)c1)C(=O)N[C@H]1C[C@H]2CC[C@@H](C1)N2c1ccc(C(=O)NCC(F)(F)F)cc1. The lowest BCUT2D eigenvalue weighted by Crippen LogP contribution is -2.55. The predicted molar refractivity (Wildman–Crippen MR) is 126 cm³/mol. The maximum atomic E-state index is 13.5. The van der Waals surface area contributed by atoms with Crippen LogP contribution >= 0.6 is 0 Å². The minimum absolute atomic E-state index is 0.0458. The number of rotatable bonds is 7. The average molecular weight is 526 g/mol. The number of hydrogen-bond acceptors (Lipinski definition) is 4. The summed E-state index contributed by atoms with van der Waals surface area (Å²) in [4.78, 5) is 27.2. The van der Waals surface area contributed by atoms with Crippen LogP contribution in [0.15, 0.2) is 42.5 Å². The largest absolute Gasteiger partial charge is 0.478 e. The fourth-order valence-electron chi connectivity index (χ4n) is 5.02. The third-order valence-electron chi connectivity index (χ3n) is 6.76. The molecule has 0 aromatic heterocycles. The van der Waals surface area contributed by atoms with Crippen LogP contribution in [-0.2, 0) is 4.79 Å². The van der Waals surface area contributed by atoms with E-state index in [0.29, 0.717) is 12.8 Å². The molecule has 0 unspecified atom stereocenters. The molecule has 37 heavy (non-hydrogen) atoms. The number of fused-ring (bicyclic) bond motifs is 2. The number of ether oxygens (including phenoxy) is 1. The van der Waals surface area contributed by atoms with Crippen molar-refractivity contribution in [3.63, 3.8) is 0 Å². The van der Waals surface area contributed by atoms with Gasteiger partial charge in [-0.2, -0.15) is 13.2 Å². The Morgan fingerprint density at radius 1 is 0.973 bits per heavy atom. The van der Waals surface area contributed by atoms with Gasteiger partial charge in [-0.15, -0.1) is 0 Å². The van der Waals surface area contributed by atoms with Gasteiger partial charge in [0.15, 0.2) is 17.2 Å². The molecule has 2 amide bonds. The molecular weight excluding hydrogens is 497 g/mol. The highest BCUT2D eigenvalue weighted by atomic mass is 19.4. The molecule has 4 rings (SSSR count). The third kappa shape index (κ3) is 6.31. The summed E-state index contributed by atoms with van der Waals surface area (Å²) in [7, 11) is 0. The molecule has 6 nitrogen and oxygen atoms in total. The van der Waals surface area contributed by atoms with E-state index in [1.807, 2.05) is 5.32 Å². The number of nitrogens with one attached hydrogen (secondary N) is 2. The van der Waals surface area contributed by atoms with Crippen molar-refractivity contribution in [1.29, 1.82) is 0 Å². The van der Waals surface area contributed by atoms with Crippen LogP contribution in [0.2, 0.25) is 0 Å². The first-order valence-electron chi connectivity index (χ1n) is 12.0. The van der Waals surface area contributed by atoms with E-state index in [0.717, 1.165) is 30.7 Å². The van der Waals surface area contributed by atoms with Crippen molar-refractivity contribution in [1.82, 2.24) is 10.6 Å². The highest BCUT2D eigenvalue weighted by Gasteiger charge is 2.42. The molecule has 2 saturated heterocycles. The highest BCUT2D eigenvalue weighted by molar-refractivity contribution is 5.94. The molecule has 2 aromatic carbocycles. The van der Waals surface area contributed by atoms with Crippen molar-refractivity contribution in [3.05, 3.63) is 59.7 Å². The number of carbonyl (C=O) groups is 2. The zero-order valence-corrected chi connectivity index (χ0v) is 20.4. The van der Waals surface area contributed by atoms with Crippen LogP contribution in [0.1, 0.15) is 49.9 Å². The summed E-state index contributed by atoms with van der Waals surface area (Å²) in [6.07, 6.45) is -1.29. The molecule has 2 aliphatic heterocycles. The van der Waals surface area contributed by atoms with Gasteiger partial charge in [-0.1, -0.05) is 0 Å². The van der Waals surface area contributed by atoms with Gasteiger partial charge in [-0.25, -0.2) is 8.78 Å². The number of nitrogens with zero attached hydrogens (tertiary/aromatic N) is 1. The Balaban J connectivity index is 1.35. The van der Waals surface area contributed by atoms with Crippen LogP contribution in [0.4, 0.5) is 27.6 Å². The van der Waals surface area contributed by atoms with Crippen molar-refractivity contribution in [3.8, 4) is 5.75 Å². The Morgan fingerprint density at radius 2 is 1.59 bits per heavy atom. The van der Waals surface area contributed by atoms with E-state index in [1.165, 1.54) is 18.2 Å². The average Bonchev–Trinajstić information content (AvgIpc) is 3.09. The van der Waals surface area contributed by atoms with Gasteiger partial charge in [0.1, 0.15) is 12.3 Å². The number of hydrogen-bond donors (Lipinski definition) is 2. The normalized spacial score (nSPS) is 21.5. The van der Waals surface area contributed by atoms with Crippen LogP contribution < -0.4 is 20.3 Å². The minimum atomic E-state index is -4.48. The second-order valence-electron chi connectivity index (χ2n) is 9.97. The quantitative estimate of drug-likeness (QED) is 0.513. The van der Waals surface area contributed by atoms with E-state index in [9.17, 15) is 31.5 Å². The molecule has 0 radical (unpaired) electrons. The second kappa shape index (κ2) is 10.2. The molecule has 2 N–H and O–H groups in total. The Morgan fingerprint density at radius 3 is 2.16 bits per heavy atom. The van der Waals surface area contributed by atoms with Gasteiger partial charge < -0.3 is 20.3 Å². The molecule has 2 fully saturated rings. The van der Waals surface area contributed by atoms with E-state index in [2.05, 4.69) is 10.2 Å². The van der Waals surface area contributed by atoms with Gasteiger partial charge in [0.2, 0.25) is 0 Å². The first-order chi connectivity index (χ1) is 17.3. The Kier molecular flexibility index (Phi) is 7.34. The number of alkyl halides is 3. The summed E-state index contributed by atoms with van der Waals surface area (Å²) in [5.41, 5.74) is -0.305. The van der Waals surface area contributed by atoms with Crippen molar-refractivity contribution in [2.45, 2.75) is 69.4 Å². The van der Waals surface area contributed by atoms with Crippen LogP contribution in [0.3, 0.4) is 0 Å². The number of halogens is 5. The van der Waals surface area contributed by atoms with Gasteiger partial charge >= 0.3 is 6.18 Å². The Bertz CT molecular complexity index is 1140. The molecule has 11 heteroatoms. The summed E-state index contributed by atoms with van der Waals surface area (Å²) in [5.74, 6) is -3.18. The molecular formula is C26H28F5N3O3. The fourth-order valence-corrected chi connectivity index (χ4v) is 5.02. The van der Waals surface area contributed by atoms with E-state index in [1.54, 1.807) is 26.0 Å². The Hall–Kier alpha value is -3.37. The van der Waals surface area contributed by atoms with Crippen LogP contribution in [0, 0.1) is 11.6 Å². The van der Waals surface area contributed by atoms with E-state index in [4.69, 9.17) is 4.74 Å². The van der Waals surface area contributed by atoms with Crippen molar-refractivity contribution in [2.75, 3.05) is 11.4 Å². The molecule has 2 aromatic rings. The smallest absolute Gasteiger partial charge is 0.405 e. The van der Waals surface area contributed by atoms with Gasteiger partial charge in [-0.3, -0.25) is 9.59 Å². The minimum Gasteiger partial charge on any atom is -0.478 e. The lowest BCUT2D eigenvalue weighted by molar-refractivity contribution is -0.135. The van der Waals surface area contributed by atoms with Crippen molar-refractivity contribution in [2.24, 2.45) is 0 Å². The molecule has 0 saturated carbocycles. The number of benzene rings is 2. The van der Waals surface area contributed by atoms with Gasteiger partial charge in [0.05, 0.1) is 0 Å². The maximum absolute atomic E-state index is 13.5. The number of amides is 2. The second-order valence-corrected chi connectivity index (χ2v) is 9.97. The maximum Gasteiger partial charge on any atom is 0.405 e. The summed E-state index contributed by atoms with van der Waals surface area (Å²) < 4.78 is 69.4. The van der Waals surface area contributed by atoms with Gasteiger partial charge in [0.25, 0.3) is 11.8 Å². The zero-order valence-electron chi connectivity index (χ0n) is 20.4. The summed E-state index contributed by atoms with van der Waals surface area (Å²) in [6, 6.07) is 9.74. The summed E-state index contributed by atoms with van der Waals surface area (Å²) >= 11 is 0. The summed E-state index contributed by atoms with van der Waals surface area (Å²) in [6.45, 7) is 1.72. The highest BCUT2D eigenvalue weighted by Crippen LogP contribution is 2.39. The lowest BCUT2D eigenvalue weighted by atomic mass is 9.95. The first kappa shape index (κ1) is 26.7. The topological polar surface area (TPSA) is 70.7 Å². The lowest BCUT2D eigenvalue weighted by Gasteiger charge is -2.41. The predicted octanol–water partition coefficient (Wildman–Crippen LogP) is 4.73. The molecule has 0 spiro atoms. The third-order valence-corrected chi connectivity index (χ3v) is 6.76. The van der Waals surface area contributed by atoms with Crippen LogP contribution in [0.25, 0.3) is 0 Å². The molecule has 3 atom stereocenters. The monoisotopic (exact) mass is 525 g/mol. The zero-order chi connectivity index (χ0) is 27.0. The molecule has 0 aliphatic carbocycles.